The highest BCUT2D eigenvalue weighted by atomic mass is 19.1. The number of carbonyl (C=O) groups excluding carboxylic acids is 4. The minimum absolute atomic E-state index is 0.222. The smallest absolute Gasteiger partial charge is 0.325 e. The van der Waals surface area contributed by atoms with Gasteiger partial charge < -0.3 is 15.5 Å². The fourth-order valence-corrected chi connectivity index (χ4v) is 3.78. The molecule has 0 spiro atoms. The van der Waals surface area contributed by atoms with Gasteiger partial charge in [0.15, 0.2) is 0 Å². The first-order valence-corrected chi connectivity index (χ1v) is 10.8. The molecule has 180 valence electrons. The van der Waals surface area contributed by atoms with Crippen molar-refractivity contribution in [2.24, 2.45) is 0 Å². The Kier molecular flexibility index (Phi) is 7.29. The third kappa shape index (κ3) is 5.05. The minimum atomic E-state index is -1.87. The fourth-order valence-electron chi connectivity index (χ4n) is 3.78. The van der Waals surface area contributed by atoms with E-state index in [0.717, 1.165) is 23.8 Å². The van der Waals surface area contributed by atoms with E-state index in [0.29, 0.717) is 17.0 Å². The van der Waals surface area contributed by atoms with Gasteiger partial charge in [0, 0.05) is 17.8 Å². The molecule has 1 aliphatic heterocycles. The third-order valence-electron chi connectivity index (χ3n) is 5.64. The molecule has 1 saturated heterocycles. The van der Waals surface area contributed by atoms with Crippen LogP contribution in [-0.2, 0) is 19.9 Å². The van der Waals surface area contributed by atoms with Gasteiger partial charge in [0.2, 0.25) is 11.8 Å². The largest absolute Gasteiger partial charge is 0.332 e. The molecule has 34 heavy (non-hydrogen) atoms. The van der Waals surface area contributed by atoms with E-state index in [1.165, 1.54) is 11.8 Å². The Morgan fingerprint density at radius 3 is 2.53 bits per heavy atom. The van der Waals surface area contributed by atoms with E-state index in [2.05, 4.69) is 10.6 Å². The van der Waals surface area contributed by atoms with Gasteiger partial charge in [-0.2, -0.15) is 0 Å². The normalized spacial score (nSPS) is 17.5. The lowest BCUT2D eigenvalue weighted by molar-refractivity contribution is -0.140. The van der Waals surface area contributed by atoms with Crippen molar-refractivity contribution < 1.29 is 28.0 Å². The fraction of sp³-hybridized carbons (Fsp3) is 0.333. The third-order valence-corrected chi connectivity index (χ3v) is 5.64. The second kappa shape index (κ2) is 9.98. The molecule has 1 unspecified atom stereocenters. The van der Waals surface area contributed by atoms with Crippen LogP contribution in [0.25, 0.3) is 0 Å². The summed E-state index contributed by atoms with van der Waals surface area (Å²) < 4.78 is 28.0. The Labute approximate surface area is 195 Å². The summed E-state index contributed by atoms with van der Waals surface area (Å²) in [5.74, 6) is -3.60. The zero-order valence-electron chi connectivity index (χ0n) is 19.2. The Bertz CT molecular complexity index is 1140. The molecule has 0 bridgehead atoms. The van der Waals surface area contributed by atoms with E-state index in [4.69, 9.17) is 0 Å². The number of nitrogens with zero attached hydrogens (tertiary/aromatic N) is 2. The number of hydrogen-bond acceptors (Lipinski definition) is 4. The summed E-state index contributed by atoms with van der Waals surface area (Å²) >= 11 is 0. The minimum Gasteiger partial charge on any atom is -0.332 e. The summed E-state index contributed by atoms with van der Waals surface area (Å²) in [6, 6.07) is 8.85. The first-order valence-electron chi connectivity index (χ1n) is 10.8. The molecule has 1 fully saturated rings. The first-order chi connectivity index (χ1) is 16.1. The number of anilines is 1. The summed E-state index contributed by atoms with van der Waals surface area (Å²) in [6.07, 6.45) is 0.537. The van der Waals surface area contributed by atoms with Crippen LogP contribution in [0.4, 0.5) is 19.3 Å². The van der Waals surface area contributed by atoms with Gasteiger partial charge in [0.05, 0.1) is 6.54 Å². The molecule has 0 aliphatic carbocycles. The number of urea groups is 1. The maximum Gasteiger partial charge on any atom is 0.325 e. The number of amides is 5. The lowest BCUT2D eigenvalue weighted by Crippen LogP contribution is -2.46. The van der Waals surface area contributed by atoms with E-state index < -0.39 is 47.5 Å². The molecule has 1 aliphatic rings. The van der Waals surface area contributed by atoms with Gasteiger partial charge in [0.25, 0.3) is 5.91 Å². The number of benzene rings is 2. The van der Waals surface area contributed by atoms with Gasteiger partial charge in [-0.3, -0.25) is 19.3 Å². The van der Waals surface area contributed by atoms with Gasteiger partial charge in [-0.25, -0.2) is 13.6 Å². The average Bonchev–Trinajstić information content (AvgIpc) is 3.00. The van der Waals surface area contributed by atoms with E-state index in [9.17, 15) is 28.0 Å². The maximum absolute atomic E-state index is 14.3. The molecule has 1 heterocycles. The summed E-state index contributed by atoms with van der Waals surface area (Å²) in [6.45, 7) is 4.20. The van der Waals surface area contributed by atoms with Crippen LogP contribution >= 0.6 is 0 Å². The molecular formula is C24H26F2N4O4. The Morgan fingerprint density at radius 2 is 1.85 bits per heavy atom. The quantitative estimate of drug-likeness (QED) is 0.577. The number of hydrogen-bond donors (Lipinski definition) is 2. The van der Waals surface area contributed by atoms with E-state index in [1.54, 1.807) is 12.1 Å². The van der Waals surface area contributed by atoms with Crippen molar-refractivity contribution >= 4 is 29.4 Å². The zero-order chi connectivity index (χ0) is 25.0. The molecule has 5 amide bonds. The van der Waals surface area contributed by atoms with Crippen LogP contribution in [0.2, 0.25) is 0 Å². The number of rotatable bonds is 8. The Balaban J connectivity index is 1.73. The highest BCUT2D eigenvalue weighted by Crippen LogP contribution is 2.31. The molecule has 3 rings (SSSR count). The number of carbonyl (C=O) groups is 4. The maximum atomic E-state index is 14.3. The van der Waals surface area contributed by atoms with Crippen molar-refractivity contribution in [3.8, 4) is 0 Å². The Hall–Kier alpha value is -3.82. The molecule has 1 atom stereocenters. The lowest BCUT2D eigenvalue weighted by Gasteiger charge is -2.25. The molecule has 2 aromatic carbocycles. The van der Waals surface area contributed by atoms with Crippen LogP contribution in [0.1, 0.15) is 31.4 Å². The highest BCUT2D eigenvalue weighted by molar-refractivity contribution is 6.09. The zero-order valence-corrected chi connectivity index (χ0v) is 19.2. The molecular weight excluding hydrogens is 446 g/mol. The van der Waals surface area contributed by atoms with Gasteiger partial charge >= 0.3 is 6.03 Å². The molecule has 2 N–H and O–H groups in total. The predicted octanol–water partition coefficient (Wildman–Crippen LogP) is 2.92. The van der Waals surface area contributed by atoms with Crippen molar-refractivity contribution in [1.29, 1.82) is 0 Å². The summed E-state index contributed by atoms with van der Waals surface area (Å²) in [4.78, 5) is 52.9. The molecule has 0 aromatic heterocycles. The number of halogens is 2. The lowest BCUT2D eigenvalue weighted by atomic mass is 9.91. The van der Waals surface area contributed by atoms with Crippen LogP contribution in [-0.4, -0.2) is 53.2 Å². The molecule has 2 aromatic rings. The van der Waals surface area contributed by atoms with Crippen LogP contribution in [0.5, 0.6) is 0 Å². The standard InChI is InChI=1S/C24H26F2N4O4/c1-4-11-29(13-20(31)27-19-8-6-5-7-15(19)2)21(32)14-30-22(33)24(3,28-23(30)34)17-12-16(25)9-10-18(17)26/h5-10,12H,4,11,13-14H2,1-3H3,(H,27,31)(H,28,34). The number of imide groups is 1. The highest BCUT2D eigenvalue weighted by Gasteiger charge is 2.51. The van der Waals surface area contributed by atoms with Crippen LogP contribution < -0.4 is 10.6 Å². The second-order valence-corrected chi connectivity index (χ2v) is 8.25. The summed E-state index contributed by atoms with van der Waals surface area (Å²) in [5.41, 5.74) is -0.754. The predicted molar refractivity (Wildman–Crippen MR) is 121 cm³/mol. The summed E-state index contributed by atoms with van der Waals surface area (Å²) in [7, 11) is 0. The van der Waals surface area contributed by atoms with Crippen molar-refractivity contribution in [2.75, 3.05) is 25.0 Å². The second-order valence-electron chi connectivity index (χ2n) is 8.25. The molecule has 0 radical (unpaired) electrons. The van der Waals surface area contributed by atoms with Gasteiger partial charge in [-0.05, 0) is 50.1 Å². The van der Waals surface area contributed by atoms with Crippen molar-refractivity contribution in [3.05, 3.63) is 65.2 Å². The molecule has 10 heteroatoms. The van der Waals surface area contributed by atoms with E-state index >= 15 is 0 Å². The first kappa shape index (κ1) is 24.8. The molecule has 0 saturated carbocycles. The Morgan fingerprint density at radius 1 is 1.15 bits per heavy atom. The SMILES string of the molecule is CCCN(CC(=O)Nc1ccccc1C)C(=O)CN1C(=O)NC(C)(c2cc(F)ccc2F)C1=O. The average molecular weight is 472 g/mol. The van der Waals surface area contributed by atoms with Crippen LogP contribution in [0.15, 0.2) is 42.5 Å². The topological polar surface area (TPSA) is 98.8 Å². The van der Waals surface area contributed by atoms with Gasteiger partial charge in [-0.1, -0.05) is 25.1 Å². The van der Waals surface area contributed by atoms with E-state index in [1.807, 2.05) is 26.0 Å². The number of nitrogens with one attached hydrogen (secondary N) is 2. The summed E-state index contributed by atoms with van der Waals surface area (Å²) in [5, 5.41) is 5.09. The van der Waals surface area contributed by atoms with Crippen LogP contribution in [0, 0.1) is 18.6 Å². The monoisotopic (exact) mass is 472 g/mol. The van der Waals surface area contributed by atoms with Gasteiger partial charge in [0.1, 0.15) is 23.7 Å². The van der Waals surface area contributed by atoms with Crippen molar-refractivity contribution in [1.82, 2.24) is 15.1 Å². The van der Waals surface area contributed by atoms with Crippen LogP contribution in [0.3, 0.4) is 0 Å². The van der Waals surface area contributed by atoms with E-state index in [-0.39, 0.29) is 18.7 Å². The number of aryl methyl sites for hydroxylation is 1. The molecule has 8 nitrogen and oxygen atoms in total. The van der Waals surface area contributed by atoms with Crippen molar-refractivity contribution in [2.45, 2.75) is 32.7 Å². The number of para-hydroxylation sites is 1. The van der Waals surface area contributed by atoms with Crippen molar-refractivity contribution in [3.63, 3.8) is 0 Å². The van der Waals surface area contributed by atoms with Gasteiger partial charge in [-0.15, -0.1) is 0 Å².